The molecule has 0 fully saturated rings. The average molecular weight is 273 g/mol. The molecule has 0 aliphatic rings. The van der Waals surface area contributed by atoms with E-state index < -0.39 is 8.07 Å². The first-order valence-corrected chi connectivity index (χ1v) is 9.25. The standard InChI is InChI=1S/C11H17BrOSi/c1-13-10-5-6-11(12)9(7-10)8-14(2,3)4/h5-7H,8H2,1-4H3. The minimum absolute atomic E-state index is 0.946. The number of ether oxygens (including phenoxy) is 1. The lowest BCUT2D eigenvalue weighted by atomic mass is 10.2. The van der Waals surface area contributed by atoms with Crippen LogP contribution in [0.4, 0.5) is 0 Å². The molecule has 14 heavy (non-hydrogen) atoms. The molecule has 0 aliphatic carbocycles. The van der Waals surface area contributed by atoms with Gasteiger partial charge in [0.05, 0.1) is 7.11 Å². The van der Waals surface area contributed by atoms with Crippen LogP contribution in [-0.2, 0) is 6.04 Å². The first-order chi connectivity index (χ1) is 6.42. The van der Waals surface area contributed by atoms with Crippen LogP contribution in [0.15, 0.2) is 22.7 Å². The van der Waals surface area contributed by atoms with Gasteiger partial charge in [0.25, 0.3) is 0 Å². The lowest BCUT2D eigenvalue weighted by Crippen LogP contribution is -2.24. The van der Waals surface area contributed by atoms with Crippen LogP contribution in [0, 0.1) is 0 Å². The third kappa shape index (κ3) is 3.46. The van der Waals surface area contributed by atoms with Gasteiger partial charge in [0.2, 0.25) is 0 Å². The van der Waals surface area contributed by atoms with Crippen LogP contribution in [0.1, 0.15) is 5.56 Å². The molecular weight excluding hydrogens is 256 g/mol. The van der Waals surface area contributed by atoms with Crippen molar-refractivity contribution in [3.8, 4) is 5.75 Å². The summed E-state index contributed by atoms with van der Waals surface area (Å²) >= 11 is 3.58. The molecule has 1 aromatic carbocycles. The second-order valence-electron chi connectivity index (χ2n) is 4.69. The lowest BCUT2D eigenvalue weighted by Gasteiger charge is -2.17. The molecule has 0 radical (unpaired) electrons. The molecule has 0 atom stereocenters. The summed E-state index contributed by atoms with van der Waals surface area (Å²) in [5, 5.41) is 0. The Morgan fingerprint density at radius 1 is 1.29 bits per heavy atom. The monoisotopic (exact) mass is 272 g/mol. The summed E-state index contributed by atoms with van der Waals surface area (Å²) in [6.07, 6.45) is 0. The Bertz CT molecular complexity index is 318. The number of benzene rings is 1. The molecule has 0 heterocycles. The molecule has 1 nitrogen and oxygen atoms in total. The molecule has 0 N–H and O–H groups in total. The first-order valence-electron chi connectivity index (χ1n) is 4.75. The van der Waals surface area contributed by atoms with Gasteiger partial charge in [-0.1, -0.05) is 35.6 Å². The van der Waals surface area contributed by atoms with Crippen molar-refractivity contribution in [2.24, 2.45) is 0 Å². The van der Waals surface area contributed by atoms with Gasteiger partial charge >= 0.3 is 0 Å². The SMILES string of the molecule is COc1ccc(Br)c(C[Si](C)(C)C)c1. The fourth-order valence-electron chi connectivity index (χ4n) is 1.38. The van der Waals surface area contributed by atoms with Crippen molar-refractivity contribution in [3.05, 3.63) is 28.2 Å². The minimum atomic E-state index is -1.05. The van der Waals surface area contributed by atoms with Crippen molar-refractivity contribution in [3.63, 3.8) is 0 Å². The fraction of sp³-hybridized carbons (Fsp3) is 0.455. The second-order valence-corrected chi connectivity index (χ2v) is 11.0. The quantitative estimate of drug-likeness (QED) is 0.759. The Balaban J connectivity index is 2.95. The van der Waals surface area contributed by atoms with Gasteiger partial charge in [-0.2, -0.15) is 0 Å². The average Bonchev–Trinajstić information content (AvgIpc) is 2.06. The van der Waals surface area contributed by atoms with Gasteiger partial charge < -0.3 is 4.74 Å². The third-order valence-corrected chi connectivity index (χ3v) is 4.19. The highest BCUT2D eigenvalue weighted by Gasteiger charge is 2.15. The Morgan fingerprint density at radius 3 is 2.43 bits per heavy atom. The maximum absolute atomic E-state index is 5.22. The summed E-state index contributed by atoms with van der Waals surface area (Å²) in [4.78, 5) is 0. The van der Waals surface area contributed by atoms with Crippen LogP contribution < -0.4 is 4.74 Å². The highest BCUT2D eigenvalue weighted by Crippen LogP contribution is 2.25. The summed E-state index contributed by atoms with van der Waals surface area (Å²) in [5.74, 6) is 0.946. The van der Waals surface area contributed by atoms with Crippen LogP contribution >= 0.6 is 15.9 Å². The minimum Gasteiger partial charge on any atom is -0.497 e. The largest absolute Gasteiger partial charge is 0.497 e. The van der Waals surface area contributed by atoms with Crippen LogP contribution in [0.3, 0.4) is 0 Å². The second kappa shape index (κ2) is 4.49. The number of hydrogen-bond acceptors (Lipinski definition) is 1. The van der Waals surface area contributed by atoms with Gasteiger partial charge in [-0.25, -0.2) is 0 Å². The van der Waals surface area contributed by atoms with Crippen molar-refractivity contribution in [2.75, 3.05) is 7.11 Å². The van der Waals surface area contributed by atoms with Crippen molar-refractivity contribution >= 4 is 24.0 Å². The highest BCUT2D eigenvalue weighted by molar-refractivity contribution is 9.10. The lowest BCUT2D eigenvalue weighted by molar-refractivity contribution is 0.414. The maximum Gasteiger partial charge on any atom is 0.119 e. The summed E-state index contributed by atoms with van der Waals surface area (Å²) < 4.78 is 6.41. The van der Waals surface area contributed by atoms with E-state index in [-0.39, 0.29) is 0 Å². The molecule has 3 heteroatoms. The van der Waals surface area contributed by atoms with Gasteiger partial charge in [-0.15, -0.1) is 0 Å². The zero-order valence-corrected chi connectivity index (χ0v) is 11.8. The molecule has 0 saturated carbocycles. The smallest absolute Gasteiger partial charge is 0.119 e. The van der Waals surface area contributed by atoms with E-state index in [4.69, 9.17) is 4.74 Å². The molecule has 0 amide bonds. The number of halogens is 1. The predicted octanol–water partition coefficient (Wildman–Crippen LogP) is 3.88. The topological polar surface area (TPSA) is 9.23 Å². The molecule has 78 valence electrons. The van der Waals surface area contributed by atoms with E-state index in [2.05, 4.69) is 47.7 Å². The Hall–Kier alpha value is -0.283. The van der Waals surface area contributed by atoms with Gasteiger partial charge in [0.15, 0.2) is 0 Å². The number of hydrogen-bond donors (Lipinski definition) is 0. The van der Waals surface area contributed by atoms with E-state index in [0.29, 0.717) is 0 Å². The molecule has 0 bridgehead atoms. The van der Waals surface area contributed by atoms with Crippen molar-refractivity contribution in [2.45, 2.75) is 25.7 Å². The molecule has 0 saturated heterocycles. The molecule has 0 spiro atoms. The van der Waals surface area contributed by atoms with Gasteiger partial charge in [-0.05, 0) is 29.8 Å². The van der Waals surface area contributed by atoms with Gasteiger partial charge in [0, 0.05) is 12.5 Å². The summed E-state index contributed by atoms with van der Waals surface area (Å²) in [5.41, 5.74) is 1.36. The third-order valence-electron chi connectivity index (χ3n) is 1.97. The van der Waals surface area contributed by atoms with Crippen LogP contribution in [0.5, 0.6) is 5.75 Å². The summed E-state index contributed by atoms with van der Waals surface area (Å²) in [6.45, 7) is 7.12. The van der Waals surface area contributed by atoms with Crippen LogP contribution in [0.25, 0.3) is 0 Å². The fourth-order valence-corrected chi connectivity index (χ4v) is 3.47. The predicted molar refractivity (Wildman–Crippen MR) is 67.7 cm³/mol. The Labute approximate surface area is 95.6 Å². The zero-order valence-electron chi connectivity index (χ0n) is 9.23. The Kier molecular flexibility index (Phi) is 3.78. The maximum atomic E-state index is 5.22. The molecular formula is C11H17BrOSi. The summed E-state index contributed by atoms with van der Waals surface area (Å²) in [7, 11) is 0.659. The van der Waals surface area contributed by atoms with E-state index in [1.54, 1.807) is 7.11 Å². The van der Waals surface area contributed by atoms with E-state index in [0.717, 1.165) is 5.75 Å². The molecule has 1 rings (SSSR count). The van der Waals surface area contributed by atoms with E-state index in [9.17, 15) is 0 Å². The number of methoxy groups -OCH3 is 1. The first kappa shape index (κ1) is 11.8. The van der Waals surface area contributed by atoms with Crippen molar-refractivity contribution in [1.29, 1.82) is 0 Å². The van der Waals surface area contributed by atoms with E-state index >= 15 is 0 Å². The Morgan fingerprint density at radius 2 is 1.93 bits per heavy atom. The molecule has 0 aromatic heterocycles. The number of rotatable bonds is 3. The molecule has 0 unspecified atom stereocenters. The van der Waals surface area contributed by atoms with Gasteiger partial charge in [0.1, 0.15) is 5.75 Å². The van der Waals surface area contributed by atoms with Crippen LogP contribution in [0.2, 0.25) is 19.6 Å². The zero-order chi connectivity index (χ0) is 10.8. The molecule has 0 aliphatic heterocycles. The normalized spacial score (nSPS) is 11.5. The highest BCUT2D eigenvalue weighted by atomic mass is 79.9. The van der Waals surface area contributed by atoms with Gasteiger partial charge in [-0.3, -0.25) is 0 Å². The summed E-state index contributed by atoms with van der Waals surface area (Å²) in [6, 6.07) is 7.36. The molecule has 1 aromatic rings. The van der Waals surface area contributed by atoms with E-state index in [1.807, 2.05) is 6.07 Å². The van der Waals surface area contributed by atoms with Crippen LogP contribution in [-0.4, -0.2) is 15.2 Å². The van der Waals surface area contributed by atoms with Crippen molar-refractivity contribution in [1.82, 2.24) is 0 Å². The van der Waals surface area contributed by atoms with Crippen molar-refractivity contribution < 1.29 is 4.74 Å². The van der Waals surface area contributed by atoms with E-state index in [1.165, 1.54) is 16.1 Å².